The summed E-state index contributed by atoms with van der Waals surface area (Å²) in [6, 6.07) is 4.32. The molecule has 0 aliphatic rings. The summed E-state index contributed by atoms with van der Waals surface area (Å²) >= 11 is 0. The molecule has 0 radical (unpaired) electrons. The molecule has 96 valence electrons. The molecule has 0 fully saturated rings. The number of hydrazine groups is 1. The summed E-state index contributed by atoms with van der Waals surface area (Å²) in [5, 5.41) is 3.54. The quantitative estimate of drug-likeness (QED) is 0.544. The number of nitrogens with one attached hydrogen (secondary N) is 2. The molecule has 18 heavy (non-hydrogen) atoms. The van der Waals surface area contributed by atoms with E-state index in [9.17, 15) is 8.42 Å². The third-order valence-corrected chi connectivity index (χ3v) is 3.45. The van der Waals surface area contributed by atoms with Crippen molar-refractivity contribution < 1.29 is 12.9 Å². The van der Waals surface area contributed by atoms with Crippen LogP contribution in [-0.4, -0.2) is 18.6 Å². The number of rotatable bonds is 4. The van der Waals surface area contributed by atoms with Crippen LogP contribution in [0.25, 0.3) is 0 Å². The van der Waals surface area contributed by atoms with E-state index in [4.69, 9.17) is 10.4 Å². The van der Waals surface area contributed by atoms with Gasteiger partial charge in [0.2, 0.25) is 0 Å². The second-order valence-corrected chi connectivity index (χ2v) is 5.07. The van der Waals surface area contributed by atoms with E-state index in [1.54, 1.807) is 6.92 Å². The van der Waals surface area contributed by atoms with Crippen LogP contribution in [0.1, 0.15) is 5.76 Å². The van der Waals surface area contributed by atoms with Crippen molar-refractivity contribution in [2.24, 2.45) is 5.84 Å². The number of pyridine rings is 1. The predicted octanol–water partition coefficient (Wildman–Crippen LogP) is 0.464. The van der Waals surface area contributed by atoms with E-state index in [-0.39, 0.29) is 16.5 Å². The number of nitrogen functional groups attached to an aromatic ring is 1. The molecule has 0 aliphatic heterocycles. The van der Waals surface area contributed by atoms with E-state index >= 15 is 0 Å². The lowest BCUT2D eigenvalue weighted by Gasteiger charge is -2.08. The van der Waals surface area contributed by atoms with E-state index in [0.717, 1.165) is 0 Å². The predicted molar refractivity (Wildman–Crippen MR) is 64.1 cm³/mol. The molecule has 8 nitrogen and oxygen atoms in total. The number of anilines is 2. The highest BCUT2D eigenvalue weighted by atomic mass is 32.2. The number of sulfonamides is 1. The first-order valence-corrected chi connectivity index (χ1v) is 6.39. The summed E-state index contributed by atoms with van der Waals surface area (Å²) in [7, 11) is -3.82. The molecule has 0 saturated heterocycles. The van der Waals surface area contributed by atoms with Crippen LogP contribution >= 0.6 is 0 Å². The molecular weight excluding hydrogens is 258 g/mol. The zero-order chi connectivity index (χ0) is 13.2. The summed E-state index contributed by atoms with van der Waals surface area (Å²) in [5.74, 6) is 5.85. The van der Waals surface area contributed by atoms with Gasteiger partial charge < -0.3 is 9.95 Å². The maximum Gasteiger partial charge on any atom is 0.266 e. The Morgan fingerprint density at radius 3 is 2.83 bits per heavy atom. The van der Waals surface area contributed by atoms with Gasteiger partial charge in [-0.3, -0.25) is 4.72 Å². The molecule has 0 saturated carbocycles. The summed E-state index contributed by atoms with van der Waals surface area (Å²) in [4.78, 5) is 3.74. The molecule has 2 rings (SSSR count). The lowest BCUT2D eigenvalue weighted by Crippen LogP contribution is -2.18. The minimum Gasteiger partial charge on any atom is -0.360 e. The smallest absolute Gasteiger partial charge is 0.266 e. The number of aryl methyl sites for hydroxylation is 1. The molecule has 0 aliphatic carbocycles. The number of hydrogen-bond donors (Lipinski definition) is 3. The molecule has 0 atom stereocenters. The molecule has 4 N–H and O–H groups in total. The maximum atomic E-state index is 12.1. The minimum absolute atomic E-state index is 0.0465. The van der Waals surface area contributed by atoms with Crippen LogP contribution in [0.2, 0.25) is 0 Å². The largest absolute Gasteiger partial charge is 0.360 e. The Balaban J connectivity index is 2.36. The van der Waals surface area contributed by atoms with E-state index in [1.165, 1.54) is 24.4 Å². The molecule has 0 unspecified atom stereocenters. The standard InChI is InChI=1S/C9H11N5O3S/c1-6-5-8(13-17-6)14-18(15,16)7-3-2-4-11-9(7)12-10/h2-5H,10H2,1H3,(H,11,12)(H,13,14). The van der Waals surface area contributed by atoms with Crippen LogP contribution in [0.4, 0.5) is 11.6 Å². The van der Waals surface area contributed by atoms with Crippen LogP contribution in [-0.2, 0) is 10.0 Å². The van der Waals surface area contributed by atoms with Gasteiger partial charge in [0.1, 0.15) is 10.7 Å². The fourth-order valence-electron chi connectivity index (χ4n) is 1.32. The van der Waals surface area contributed by atoms with E-state index in [0.29, 0.717) is 5.76 Å². The van der Waals surface area contributed by atoms with Gasteiger partial charge in [0.25, 0.3) is 10.0 Å². The van der Waals surface area contributed by atoms with Crippen molar-refractivity contribution in [3.05, 3.63) is 30.2 Å². The molecule has 2 aromatic heterocycles. The van der Waals surface area contributed by atoms with Crippen molar-refractivity contribution in [3.8, 4) is 0 Å². The summed E-state index contributed by atoms with van der Waals surface area (Å²) in [6.45, 7) is 1.65. The summed E-state index contributed by atoms with van der Waals surface area (Å²) in [6.07, 6.45) is 1.43. The van der Waals surface area contributed by atoms with E-state index in [1.807, 2.05) is 0 Å². The van der Waals surface area contributed by atoms with Crippen LogP contribution in [0, 0.1) is 6.92 Å². The minimum atomic E-state index is -3.82. The van der Waals surface area contributed by atoms with Crippen LogP contribution in [0.15, 0.2) is 33.8 Å². The van der Waals surface area contributed by atoms with Gasteiger partial charge in [-0.15, -0.1) is 0 Å². The Bertz CT molecular complexity index is 652. The zero-order valence-electron chi connectivity index (χ0n) is 9.41. The second-order valence-electron chi connectivity index (χ2n) is 3.42. The molecule has 2 heterocycles. The van der Waals surface area contributed by atoms with Crippen LogP contribution < -0.4 is 16.0 Å². The third-order valence-electron chi connectivity index (χ3n) is 2.06. The SMILES string of the molecule is Cc1cc(NS(=O)(=O)c2cccnc2NN)no1. The average molecular weight is 269 g/mol. The molecule has 9 heteroatoms. The van der Waals surface area contributed by atoms with Crippen molar-refractivity contribution in [3.63, 3.8) is 0 Å². The third kappa shape index (κ3) is 2.41. The Morgan fingerprint density at radius 1 is 1.44 bits per heavy atom. The Labute approximate surface area is 103 Å². The highest BCUT2D eigenvalue weighted by Crippen LogP contribution is 2.20. The number of hydrogen-bond acceptors (Lipinski definition) is 7. The number of nitrogens with zero attached hydrogens (tertiary/aromatic N) is 2. The van der Waals surface area contributed by atoms with Gasteiger partial charge in [0.15, 0.2) is 11.6 Å². The van der Waals surface area contributed by atoms with Crippen molar-refractivity contribution in [1.82, 2.24) is 10.1 Å². The second kappa shape index (κ2) is 4.63. The lowest BCUT2D eigenvalue weighted by molar-refractivity contribution is 0.400. The normalized spacial score (nSPS) is 11.2. The number of aromatic nitrogens is 2. The first kappa shape index (κ1) is 12.3. The molecule has 0 aromatic carbocycles. The monoisotopic (exact) mass is 269 g/mol. The van der Waals surface area contributed by atoms with Gasteiger partial charge >= 0.3 is 0 Å². The molecular formula is C9H11N5O3S. The van der Waals surface area contributed by atoms with E-state index in [2.05, 4.69) is 20.3 Å². The van der Waals surface area contributed by atoms with Crippen LogP contribution in [0.5, 0.6) is 0 Å². The molecule has 0 spiro atoms. The topological polar surface area (TPSA) is 123 Å². The summed E-state index contributed by atoms with van der Waals surface area (Å²) in [5.41, 5.74) is 2.22. The molecule has 2 aromatic rings. The molecule has 0 amide bonds. The first-order valence-electron chi connectivity index (χ1n) is 4.91. The highest BCUT2D eigenvalue weighted by molar-refractivity contribution is 7.92. The molecule has 0 bridgehead atoms. The van der Waals surface area contributed by atoms with Crippen molar-refractivity contribution >= 4 is 21.7 Å². The van der Waals surface area contributed by atoms with E-state index < -0.39 is 10.0 Å². The van der Waals surface area contributed by atoms with Gasteiger partial charge in [-0.05, 0) is 19.1 Å². The van der Waals surface area contributed by atoms with Crippen molar-refractivity contribution in [2.45, 2.75) is 11.8 Å². The maximum absolute atomic E-state index is 12.1. The van der Waals surface area contributed by atoms with Gasteiger partial charge in [-0.25, -0.2) is 19.2 Å². The van der Waals surface area contributed by atoms with Crippen molar-refractivity contribution in [2.75, 3.05) is 10.1 Å². The van der Waals surface area contributed by atoms with Crippen molar-refractivity contribution in [1.29, 1.82) is 0 Å². The summed E-state index contributed by atoms with van der Waals surface area (Å²) < 4.78 is 31.2. The van der Waals surface area contributed by atoms with Gasteiger partial charge in [-0.1, -0.05) is 5.16 Å². The average Bonchev–Trinajstić information content (AvgIpc) is 2.74. The zero-order valence-corrected chi connectivity index (χ0v) is 10.2. The van der Waals surface area contributed by atoms with Gasteiger partial charge in [-0.2, -0.15) is 0 Å². The Morgan fingerprint density at radius 2 is 2.22 bits per heavy atom. The Hall–Kier alpha value is -2.13. The first-order chi connectivity index (χ1) is 8.53. The highest BCUT2D eigenvalue weighted by Gasteiger charge is 2.20. The fourth-order valence-corrected chi connectivity index (χ4v) is 2.43. The number of nitrogens with two attached hydrogens (primary N) is 1. The fraction of sp³-hybridized carbons (Fsp3) is 0.111. The van der Waals surface area contributed by atoms with Gasteiger partial charge in [0, 0.05) is 12.3 Å². The lowest BCUT2D eigenvalue weighted by atomic mass is 10.5. The van der Waals surface area contributed by atoms with Crippen LogP contribution in [0.3, 0.4) is 0 Å². The Kier molecular flexibility index (Phi) is 3.17. The van der Waals surface area contributed by atoms with Gasteiger partial charge in [0.05, 0.1) is 0 Å².